The fraction of sp³-hybridized carbons (Fsp3) is 0.571. The van der Waals surface area contributed by atoms with E-state index in [0.717, 1.165) is 43.3 Å². The third kappa shape index (κ3) is 4.57. The molecule has 0 saturated heterocycles. The average molecular weight is 290 g/mol. The van der Waals surface area contributed by atoms with Crippen molar-refractivity contribution in [1.29, 1.82) is 0 Å². The van der Waals surface area contributed by atoms with Crippen LogP contribution in [0.4, 0.5) is 0 Å². The van der Waals surface area contributed by atoms with Gasteiger partial charge in [0.25, 0.3) is 0 Å². The second kappa shape index (κ2) is 7.80. The molecular weight excluding hydrogens is 268 g/mol. The van der Waals surface area contributed by atoms with Gasteiger partial charge in [0.05, 0.1) is 13.2 Å². The summed E-state index contributed by atoms with van der Waals surface area (Å²) < 4.78 is 7.06. The maximum atomic E-state index is 5.02. The zero-order chi connectivity index (χ0) is 15.1. The first-order chi connectivity index (χ1) is 10.2. The normalized spacial score (nSPS) is 11.2. The average Bonchev–Trinajstić information content (AvgIpc) is 2.93. The summed E-state index contributed by atoms with van der Waals surface area (Å²) in [6, 6.07) is 0. The first-order valence-corrected chi connectivity index (χ1v) is 7.07. The van der Waals surface area contributed by atoms with E-state index in [1.807, 2.05) is 24.0 Å². The Morgan fingerprint density at radius 3 is 2.67 bits per heavy atom. The highest BCUT2D eigenvalue weighted by Crippen LogP contribution is 2.05. The van der Waals surface area contributed by atoms with Gasteiger partial charge in [-0.2, -0.15) is 0 Å². The number of methoxy groups -OCH3 is 1. The molecule has 0 aliphatic heterocycles. The smallest absolute Gasteiger partial charge is 0.146 e. The van der Waals surface area contributed by atoms with Crippen molar-refractivity contribution in [3.05, 3.63) is 35.9 Å². The van der Waals surface area contributed by atoms with Gasteiger partial charge in [-0.25, -0.2) is 9.97 Å². The summed E-state index contributed by atoms with van der Waals surface area (Å²) in [6.45, 7) is 5.14. The number of rotatable bonds is 8. The predicted molar refractivity (Wildman–Crippen MR) is 78.5 cm³/mol. The van der Waals surface area contributed by atoms with Gasteiger partial charge in [0, 0.05) is 44.6 Å². The Kier molecular flexibility index (Phi) is 5.77. The molecule has 0 N–H and O–H groups in total. The Labute approximate surface area is 125 Å². The van der Waals surface area contributed by atoms with Gasteiger partial charge in [-0.15, -0.1) is 10.2 Å². The van der Waals surface area contributed by atoms with Crippen molar-refractivity contribution < 1.29 is 4.74 Å². The van der Waals surface area contributed by atoms with Crippen molar-refractivity contribution in [3.8, 4) is 0 Å². The number of aryl methyl sites for hydroxylation is 1. The number of hydrogen-bond acceptors (Lipinski definition) is 6. The molecule has 0 radical (unpaired) electrons. The van der Waals surface area contributed by atoms with Crippen molar-refractivity contribution >= 4 is 0 Å². The van der Waals surface area contributed by atoms with Crippen molar-refractivity contribution in [3.63, 3.8) is 0 Å². The van der Waals surface area contributed by atoms with Crippen LogP contribution in [0.15, 0.2) is 18.7 Å². The summed E-state index contributed by atoms with van der Waals surface area (Å²) in [5.74, 6) is 1.78. The molecule has 7 heteroatoms. The molecule has 0 atom stereocenters. The van der Waals surface area contributed by atoms with Crippen LogP contribution in [0.5, 0.6) is 0 Å². The van der Waals surface area contributed by atoms with Crippen LogP contribution in [0, 0.1) is 0 Å². The zero-order valence-corrected chi connectivity index (χ0v) is 12.9. The molecule has 0 unspecified atom stereocenters. The lowest BCUT2D eigenvalue weighted by Crippen LogP contribution is -2.20. The van der Waals surface area contributed by atoms with Gasteiger partial charge in [0.15, 0.2) is 0 Å². The van der Waals surface area contributed by atoms with Gasteiger partial charge in [0.1, 0.15) is 18.0 Å². The van der Waals surface area contributed by atoms with Crippen molar-refractivity contribution in [2.45, 2.75) is 33.0 Å². The van der Waals surface area contributed by atoms with Crippen LogP contribution in [0.25, 0.3) is 0 Å². The third-order valence-corrected chi connectivity index (χ3v) is 3.19. The van der Waals surface area contributed by atoms with E-state index in [4.69, 9.17) is 4.74 Å². The van der Waals surface area contributed by atoms with Gasteiger partial charge in [-0.1, -0.05) is 0 Å². The lowest BCUT2D eigenvalue weighted by Gasteiger charge is -2.16. The van der Waals surface area contributed by atoms with Gasteiger partial charge >= 0.3 is 0 Å². The van der Waals surface area contributed by atoms with Gasteiger partial charge < -0.3 is 9.30 Å². The zero-order valence-electron chi connectivity index (χ0n) is 12.9. The predicted octanol–water partition coefficient (Wildman–Crippen LogP) is 0.909. The fourth-order valence-corrected chi connectivity index (χ4v) is 2.06. The molecule has 0 spiro atoms. The highest BCUT2D eigenvalue weighted by Gasteiger charge is 2.08. The Bertz CT molecular complexity index is 539. The van der Waals surface area contributed by atoms with Gasteiger partial charge in [-0.05, 0) is 14.0 Å². The molecule has 21 heavy (non-hydrogen) atoms. The molecule has 2 aromatic rings. The second-order valence-corrected chi connectivity index (χ2v) is 4.96. The summed E-state index contributed by atoms with van der Waals surface area (Å²) >= 11 is 0. The van der Waals surface area contributed by atoms with Crippen molar-refractivity contribution in [2.24, 2.45) is 0 Å². The van der Waals surface area contributed by atoms with Gasteiger partial charge in [0.2, 0.25) is 0 Å². The molecule has 0 saturated carbocycles. The highest BCUT2D eigenvalue weighted by atomic mass is 16.5. The topological polar surface area (TPSA) is 69.0 Å². The SMILES string of the molecule is CCn1cnnc1CN(C)Cc1cnc(CCOC)nc1. The van der Waals surface area contributed by atoms with Crippen LogP contribution < -0.4 is 0 Å². The molecule has 7 nitrogen and oxygen atoms in total. The van der Waals surface area contributed by atoms with Crippen LogP contribution in [-0.4, -0.2) is 50.4 Å². The largest absolute Gasteiger partial charge is 0.384 e. The van der Waals surface area contributed by atoms with E-state index in [0.29, 0.717) is 6.61 Å². The summed E-state index contributed by atoms with van der Waals surface area (Å²) in [4.78, 5) is 10.9. The molecule has 2 rings (SSSR count). The molecule has 0 aliphatic rings. The lowest BCUT2D eigenvalue weighted by molar-refractivity contribution is 0.200. The number of ether oxygens (including phenoxy) is 1. The molecule has 0 fully saturated rings. The number of hydrogen-bond donors (Lipinski definition) is 0. The molecule has 2 aromatic heterocycles. The molecule has 2 heterocycles. The fourth-order valence-electron chi connectivity index (χ4n) is 2.06. The molecule has 114 valence electrons. The standard InChI is InChI=1S/C14H22N6O/c1-4-20-11-17-18-14(20)10-19(2)9-12-7-15-13(16-8-12)5-6-21-3/h7-8,11H,4-6,9-10H2,1-3H3. The van der Waals surface area contributed by atoms with E-state index in [2.05, 4.69) is 32.0 Å². The van der Waals surface area contributed by atoms with Crippen LogP contribution >= 0.6 is 0 Å². The lowest BCUT2D eigenvalue weighted by atomic mass is 10.3. The first kappa shape index (κ1) is 15.5. The summed E-state index contributed by atoms with van der Waals surface area (Å²) in [7, 11) is 3.73. The minimum Gasteiger partial charge on any atom is -0.384 e. The summed E-state index contributed by atoms with van der Waals surface area (Å²) in [5.41, 5.74) is 1.08. The van der Waals surface area contributed by atoms with E-state index in [-0.39, 0.29) is 0 Å². The van der Waals surface area contributed by atoms with Crippen molar-refractivity contribution in [1.82, 2.24) is 29.6 Å². The Morgan fingerprint density at radius 2 is 2.00 bits per heavy atom. The van der Waals surface area contributed by atoms with Crippen LogP contribution in [0.1, 0.15) is 24.1 Å². The van der Waals surface area contributed by atoms with E-state index in [9.17, 15) is 0 Å². The van der Waals surface area contributed by atoms with E-state index >= 15 is 0 Å². The molecule has 0 aromatic carbocycles. The van der Waals surface area contributed by atoms with Crippen LogP contribution in [-0.2, 0) is 30.8 Å². The number of nitrogens with zero attached hydrogens (tertiary/aromatic N) is 6. The van der Waals surface area contributed by atoms with Crippen LogP contribution in [0.3, 0.4) is 0 Å². The maximum Gasteiger partial charge on any atom is 0.146 e. The summed E-state index contributed by atoms with van der Waals surface area (Å²) in [5, 5.41) is 8.09. The van der Waals surface area contributed by atoms with E-state index in [1.165, 1.54) is 0 Å². The quantitative estimate of drug-likeness (QED) is 0.720. The molecule has 0 aliphatic carbocycles. The highest BCUT2D eigenvalue weighted by molar-refractivity contribution is 5.05. The maximum absolute atomic E-state index is 5.02. The minimum absolute atomic E-state index is 0.645. The summed E-state index contributed by atoms with van der Waals surface area (Å²) in [6.07, 6.45) is 6.25. The van der Waals surface area contributed by atoms with Gasteiger partial charge in [-0.3, -0.25) is 4.90 Å². The third-order valence-electron chi connectivity index (χ3n) is 3.19. The first-order valence-electron chi connectivity index (χ1n) is 7.07. The Balaban J connectivity index is 1.88. The molecule has 0 amide bonds. The monoisotopic (exact) mass is 290 g/mol. The van der Waals surface area contributed by atoms with E-state index in [1.54, 1.807) is 13.4 Å². The van der Waals surface area contributed by atoms with Crippen LogP contribution in [0.2, 0.25) is 0 Å². The Hall–Kier alpha value is -1.86. The Morgan fingerprint density at radius 1 is 1.24 bits per heavy atom. The minimum atomic E-state index is 0.645. The van der Waals surface area contributed by atoms with E-state index < -0.39 is 0 Å². The molecule has 0 bridgehead atoms. The second-order valence-electron chi connectivity index (χ2n) is 4.96. The van der Waals surface area contributed by atoms with Crippen molar-refractivity contribution in [2.75, 3.05) is 20.8 Å². The molecular formula is C14H22N6O. The number of aromatic nitrogens is 5.